The zero-order chi connectivity index (χ0) is 16.8. The third kappa shape index (κ3) is 4.46. The Morgan fingerprint density at radius 2 is 1.88 bits per heavy atom. The van der Waals surface area contributed by atoms with Crippen molar-refractivity contribution in [3.63, 3.8) is 0 Å². The van der Waals surface area contributed by atoms with Crippen LogP contribution in [-0.4, -0.2) is 16.6 Å². The minimum absolute atomic E-state index is 0.00957. The SMILES string of the molecule is Cc1nc(-c2ccccc2NC(=O)CSCc2ccccc2)cs1. The van der Waals surface area contributed by atoms with Gasteiger partial charge in [0.25, 0.3) is 0 Å². The molecule has 1 aromatic heterocycles. The van der Waals surface area contributed by atoms with Crippen LogP contribution in [-0.2, 0) is 10.5 Å². The lowest BCUT2D eigenvalue weighted by molar-refractivity contribution is -0.113. The van der Waals surface area contributed by atoms with E-state index in [9.17, 15) is 4.79 Å². The van der Waals surface area contributed by atoms with E-state index in [2.05, 4.69) is 22.4 Å². The zero-order valence-corrected chi connectivity index (χ0v) is 15.0. The number of aryl methyl sites for hydroxylation is 1. The molecule has 0 aliphatic carbocycles. The van der Waals surface area contributed by atoms with E-state index < -0.39 is 0 Å². The molecule has 0 aliphatic rings. The van der Waals surface area contributed by atoms with Gasteiger partial charge in [0.2, 0.25) is 5.91 Å². The molecule has 1 heterocycles. The number of amides is 1. The van der Waals surface area contributed by atoms with Gasteiger partial charge in [-0.3, -0.25) is 4.79 Å². The summed E-state index contributed by atoms with van der Waals surface area (Å²) in [5.74, 6) is 1.27. The fraction of sp³-hybridized carbons (Fsp3) is 0.158. The van der Waals surface area contributed by atoms with Crippen molar-refractivity contribution in [1.29, 1.82) is 0 Å². The molecule has 0 atom stereocenters. The van der Waals surface area contributed by atoms with Gasteiger partial charge in [0.05, 0.1) is 22.1 Å². The lowest BCUT2D eigenvalue weighted by atomic mass is 10.1. The van der Waals surface area contributed by atoms with Crippen LogP contribution < -0.4 is 5.32 Å². The fourth-order valence-electron chi connectivity index (χ4n) is 2.32. The summed E-state index contributed by atoms with van der Waals surface area (Å²) in [4.78, 5) is 16.8. The summed E-state index contributed by atoms with van der Waals surface area (Å²) in [5, 5.41) is 6.05. The van der Waals surface area contributed by atoms with Gasteiger partial charge in [0.15, 0.2) is 0 Å². The summed E-state index contributed by atoms with van der Waals surface area (Å²) < 4.78 is 0. The number of nitrogens with zero attached hydrogens (tertiary/aromatic N) is 1. The van der Waals surface area contributed by atoms with Gasteiger partial charge in [-0.15, -0.1) is 23.1 Å². The first-order valence-electron chi connectivity index (χ1n) is 7.65. The first-order valence-corrected chi connectivity index (χ1v) is 9.69. The molecule has 0 saturated carbocycles. The number of nitrogens with one attached hydrogen (secondary N) is 1. The molecule has 1 N–H and O–H groups in total. The Bertz CT molecular complexity index is 815. The molecule has 122 valence electrons. The molecule has 3 nitrogen and oxygen atoms in total. The number of carbonyl (C=O) groups excluding carboxylic acids is 1. The highest BCUT2D eigenvalue weighted by Gasteiger charge is 2.10. The lowest BCUT2D eigenvalue weighted by Crippen LogP contribution is -2.14. The van der Waals surface area contributed by atoms with Crippen molar-refractivity contribution < 1.29 is 4.79 Å². The highest BCUT2D eigenvalue weighted by molar-refractivity contribution is 7.99. The minimum Gasteiger partial charge on any atom is -0.325 e. The van der Waals surface area contributed by atoms with E-state index in [1.54, 1.807) is 23.1 Å². The Morgan fingerprint density at radius 3 is 2.62 bits per heavy atom. The average Bonchev–Trinajstić information content (AvgIpc) is 3.02. The second-order valence-corrected chi connectivity index (χ2v) is 7.37. The van der Waals surface area contributed by atoms with Gasteiger partial charge in [0, 0.05) is 16.7 Å². The number of anilines is 1. The number of rotatable bonds is 6. The highest BCUT2D eigenvalue weighted by Crippen LogP contribution is 2.28. The molecule has 0 fully saturated rings. The molecule has 0 unspecified atom stereocenters. The van der Waals surface area contributed by atoms with E-state index in [1.165, 1.54) is 5.56 Å². The number of aromatic nitrogens is 1. The number of hydrogen-bond donors (Lipinski definition) is 1. The second-order valence-electron chi connectivity index (χ2n) is 5.32. The van der Waals surface area contributed by atoms with Gasteiger partial charge in [-0.1, -0.05) is 48.5 Å². The zero-order valence-electron chi connectivity index (χ0n) is 13.4. The van der Waals surface area contributed by atoms with Crippen molar-refractivity contribution in [2.75, 3.05) is 11.1 Å². The van der Waals surface area contributed by atoms with Crippen molar-refractivity contribution in [2.45, 2.75) is 12.7 Å². The Kier molecular flexibility index (Phi) is 5.67. The second kappa shape index (κ2) is 8.13. The monoisotopic (exact) mass is 354 g/mol. The molecule has 1 amide bonds. The molecule has 0 spiro atoms. The molecule has 24 heavy (non-hydrogen) atoms. The maximum absolute atomic E-state index is 12.2. The third-order valence-corrected chi connectivity index (χ3v) is 5.22. The van der Waals surface area contributed by atoms with Gasteiger partial charge in [-0.05, 0) is 18.6 Å². The van der Waals surface area contributed by atoms with Gasteiger partial charge >= 0.3 is 0 Å². The Hall–Kier alpha value is -2.11. The quantitative estimate of drug-likeness (QED) is 0.678. The molecule has 0 bridgehead atoms. The minimum atomic E-state index is 0.00957. The van der Waals surface area contributed by atoms with Gasteiger partial charge < -0.3 is 5.32 Å². The molecule has 0 radical (unpaired) electrons. The van der Waals surface area contributed by atoms with Crippen molar-refractivity contribution in [3.05, 3.63) is 70.5 Å². The summed E-state index contributed by atoms with van der Waals surface area (Å²) in [5.41, 5.74) is 3.91. The van der Waals surface area contributed by atoms with E-state index in [0.29, 0.717) is 5.75 Å². The molecule has 3 rings (SSSR count). The summed E-state index contributed by atoms with van der Waals surface area (Å²) in [6.07, 6.45) is 0. The third-order valence-electron chi connectivity index (χ3n) is 3.44. The largest absolute Gasteiger partial charge is 0.325 e. The van der Waals surface area contributed by atoms with Crippen LogP contribution in [0.2, 0.25) is 0 Å². The molecule has 0 saturated heterocycles. The predicted molar refractivity (Wildman–Crippen MR) is 104 cm³/mol. The summed E-state index contributed by atoms with van der Waals surface area (Å²) in [7, 11) is 0. The van der Waals surface area contributed by atoms with Crippen molar-refractivity contribution >= 4 is 34.7 Å². The number of thiazole rings is 1. The average molecular weight is 354 g/mol. The van der Waals surface area contributed by atoms with Crippen LogP contribution >= 0.6 is 23.1 Å². The summed E-state index contributed by atoms with van der Waals surface area (Å²) >= 11 is 3.22. The standard InChI is InChI=1S/C19H18N2OS2/c1-14-20-18(12-24-14)16-9-5-6-10-17(16)21-19(22)13-23-11-15-7-3-2-4-8-15/h2-10,12H,11,13H2,1H3,(H,21,22). The van der Waals surface area contributed by atoms with Crippen molar-refractivity contribution in [2.24, 2.45) is 0 Å². The van der Waals surface area contributed by atoms with Gasteiger partial charge in [0.1, 0.15) is 0 Å². The van der Waals surface area contributed by atoms with Gasteiger partial charge in [-0.2, -0.15) is 0 Å². The Balaban J connectivity index is 1.60. The lowest BCUT2D eigenvalue weighted by Gasteiger charge is -2.09. The first kappa shape index (κ1) is 16.7. The summed E-state index contributed by atoms with van der Waals surface area (Å²) in [6, 6.07) is 18.0. The van der Waals surface area contributed by atoms with Crippen LogP contribution in [0.25, 0.3) is 11.3 Å². The van der Waals surface area contributed by atoms with E-state index in [1.807, 2.05) is 54.8 Å². The number of para-hydroxylation sites is 1. The van der Waals surface area contributed by atoms with Crippen LogP contribution in [0.3, 0.4) is 0 Å². The topological polar surface area (TPSA) is 42.0 Å². The van der Waals surface area contributed by atoms with E-state index in [4.69, 9.17) is 0 Å². The molecular weight excluding hydrogens is 336 g/mol. The molecule has 2 aromatic carbocycles. The van der Waals surface area contributed by atoms with Gasteiger partial charge in [-0.25, -0.2) is 4.98 Å². The predicted octanol–water partition coefficient (Wildman–Crippen LogP) is 4.99. The molecule has 5 heteroatoms. The Labute approximate surface area is 150 Å². The van der Waals surface area contributed by atoms with E-state index in [-0.39, 0.29) is 5.91 Å². The van der Waals surface area contributed by atoms with Crippen LogP contribution in [0.15, 0.2) is 60.0 Å². The number of benzene rings is 2. The molecule has 0 aliphatic heterocycles. The normalized spacial score (nSPS) is 10.5. The Morgan fingerprint density at radius 1 is 1.12 bits per heavy atom. The highest BCUT2D eigenvalue weighted by atomic mass is 32.2. The van der Waals surface area contributed by atoms with E-state index >= 15 is 0 Å². The number of carbonyl (C=O) groups is 1. The van der Waals surface area contributed by atoms with Crippen LogP contribution in [0, 0.1) is 6.92 Å². The maximum Gasteiger partial charge on any atom is 0.234 e. The summed E-state index contributed by atoms with van der Waals surface area (Å²) in [6.45, 7) is 1.98. The maximum atomic E-state index is 12.2. The van der Waals surface area contributed by atoms with Crippen LogP contribution in [0.1, 0.15) is 10.6 Å². The van der Waals surface area contributed by atoms with Crippen molar-refractivity contribution in [1.82, 2.24) is 4.98 Å². The fourth-order valence-corrected chi connectivity index (χ4v) is 3.73. The number of hydrogen-bond acceptors (Lipinski definition) is 4. The first-order chi connectivity index (χ1) is 11.7. The number of thioether (sulfide) groups is 1. The van der Waals surface area contributed by atoms with Crippen molar-refractivity contribution in [3.8, 4) is 11.3 Å². The molecule has 3 aromatic rings. The van der Waals surface area contributed by atoms with E-state index in [0.717, 1.165) is 27.7 Å². The molecular formula is C19H18N2OS2. The smallest absolute Gasteiger partial charge is 0.234 e. The van der Waals surface area contributed by atoms with Crippen LogP contribution in [0.5, 0.6) is 0 Å². The van der Waals surface area contributed by atoms with Crippen LogP contribution in [0.4, 0.5) is 5.69 Å².